The highest BCUT2D eigenvalue weighted by molar-refractivity contribution is 6.31. The van der Waals surface area contributed by atoms with Gasteiger partial charge in [0, 0.05) is 28.3 Å². The Kier molecular flexibility index (Phi) is 5.70. The summed E-state index contributed by atoms with van der Waals surface area (Å²) in [6.45, 7) is 0. The van der Waals surface area contributed by atoms with Crippen LogP contribution in [0.3, 0.4) is 0 Å². The largest absolute Gasteiger partial charge is 0.361 e. The number of carbonyl (C=O) groups is 2. The van der Waals surface area contributed by atoms with Crippen LogP contribution >= 0.6 is 23.2 Å². The number of amides is 2. The van der Waals surface area contributed by atoms with E-state index in [1.165, 1.54) is 6.20 Å². The quantitative estimate of drug-likeness (QED) is 0.394. The van der Waals surface area contributed by atoms with Crippen LogP contribution in [0.25, 0.3) is 10.9 Å². The van der Waals surface area contributed by atoms with Crippen molar-refractivity contribution in [2.24, 2.45) is 0 Å². The molecule has 150 valence electrons. The Morgan fingerprint density at radius 2 is 1.77 bits per heavy atom. The SMILES string of the molecule is O=C(Cc1c[nH]c2cc(Cl)ccc12)Nc1ccccc1C(=O)Nc1ccc(Cl)cn1. The van der Waals surface area contributed by atoms with E-state index in [2.05, 4.69) is 20.6 Å². The number of benzene rings is 2. The van der Waals surface area contributed by atoms with Crippen molar-refractivity contribution in [2.75, 3.05) is 10.6 Å². The van der Waals surface area contributed by atoms with Crippen LogP contribution in [0.4, 0.5) is 11.5 Å². The highest BCUT2D eigenvalue weighted by Gasteiger charge is 2.15. The van der Waals surface area contributed by atoms with Gasteiger partial charge in [-0.15, -0.1) is 0 Å². The summed E-state index contributed by atoms with van der Waals surface area (Å²) in [5, 5.41) is 7.53. The molecule has 2 amide bonds. The first-order valence-corrected chi connectivity index (χ1v) is 9.82. The van der Waals surface area contributed by atoms with E-state index in [1.54, 1.807) is 48.7 Å². The zero-order chi connectivity index (χ0) is 21.1. The van der Waals surface area contributed by atoms with Crippen LogP contribution in [-0.2, 0) is 11.2 Å². The minimum Gasteiger partial charge on any atom is -0.361 e. The number of H-pyrrole nitrogens is 1. The number of anilines is 2. The third kappa shape index (κ3) is 4.45. The topological polar surface area (TPSA) is 86.9 Å². The molecule has 6 nitrogen and oxygen atoms in total. The van der Waals surface area contributed by atoms with Crippen LogP contribution in [0.15, 0.2) is 67.0 Å². The lowest BCUT2D eigenvalue weighted by atomic mass is 10.1. The first kappa shape index (κ1) is 19.9. The molecule has 0 atom stereocenters. The summed E-state index contributed by atoms with van der Waals surface area (Å²) in [6.07, 6.45) is 3.38. The average Bonchev–Trinajstić information content (AvgIpc) is 3.11. The highest BCUT2D eigenvalue weighted by Crippen LogP contribution is 2.23. The number of carbonyl (C=O) groups excluding carboxylic acids is 2. The van der Waals surface area contributed by atoms with Crippen molar-refractivity contribution in [3.05, 3.63) is 88.2 Å². The van der Waals surface area contributed by atoms with Crippen molar-refractivity contribution in [3.8, 4) is 0 Å². The molecule has 0 saturated carbocycles. The standard InChI is InChI=1S/C22H16Cl2N4O2/c23-14-5-7-16-13(11-25-19(16)10-14)9-21(29)27-18-4-2-1-3-17(18)22(30)28-20-8-6-15(24)12-26-20/h1-8,10-12,25H,9H2,(H,27,29)(H,26,28,30). The average molecular weight is 439 g/mol. The first-order chi connectivity index (χ1) is 14.5. The van der Waals surface area contributed by atoms with Gasteiger partial charge < -0.3 is 15.6 Å². The Morgan fingerprint density at radius 1 is 0.967 bits per heavy atom. The van der Waals surface area contributed by atoms with E-state index in [1.807, 2.05) is 12.1 Å². The van der Waals surface area contributed by atoms with Crippen molar-refractivity contribution < 1.29 is 9.59 Å². The van der Waals surface area contributed by atoms with Gasteiger partial charge >= 0.3 is 0 Å². The number of para-hydroxylation sites is 1. The lowest BCUT2D eigenvalue weighted by Gasteiger charge is -2.11. The van der Waals surface area contributed by atoms with Crippen LogP contribution in [-0.4, -0.2) is 21.8 Å². The van der Waals surface area contributed by atoms with Gasteiger partial charge in [0.05, 0.1) is 22.7 Å². The van der Waals surface area contributed by atoms with E-state index >= 15 is 0 Å². The number of rotatable bonds is 5. The summed E-state index contributed by atoms with van der Waals surface area (Å²) >= 11 is 11.8. The van der Waals surface area contributed by atoms with E-state index in [4.69, 9.17) is 23.2 Å². The van der Waals surface area contributed by atoms with Crippen molar-refractivity contribution in [3.63, 3.8) is 0 Å². The number of hydrogen-bond donors (Lipinski definition) is 3. The van der Waals surface area contributed by atoms with Gasteiger partial charge in [-0.25, -0.2) is 4.98 Å². The number of aromatic nitrogens is 2. The van der Waals surface area contributed by atoms with Crippen molar-refractivity contribution in [1.29, 1.82) is 0 Å². The predicted octanol–water partition coefficient (Wildman–Crippen LogP) is 5.30. The third-order valence-corrected chi connectivity index (χ3v) is 4.95. The van der Waals surface area contributed by atoms with Gasteiger partial charge in [-0.2, -0.15) is 0 Å². The monoisotopic (exact) mass is 438 g/mol. The normalized spacial score (nSPS) is 10.7. The zero-order valence-electron chi connectivity index (χ0n) is 15.6. The Bertz CT molecular complexity index is 1240. The molecular weight excluding hydrogens is 423 g/mol. The van der Waals surface area contributed by atoms with Crippen LogP contribution in [0.5, 0.6) is 0 Å². The summed E-state index contributed by atoms with van der Waals surface area (Å²) in [6, 6.07) is 15.5. The van der Waals surface area contributed by atoms with E-state index < -0.39 is 0 Å². The van der Waals surface area contributed by atoms with Gasteiger partial charge in [-0.3, -0.25) is 9.59 Å². The molecule has 2 aromatic heterocycles. The second kappa shape index (κ2) is 8.57. The zero-order valence-corrected chi connectivity index (χ0v) is 17.1. The Hall–Kier alpha value is -3.35. The number of aromatic amines is 1. The second-order valence-corrected chi connectivity index (χ2v) is 7.46. The lowest BCUT2D eigenvalue weighted by Crippen LogP contribution is -2.19. The maximum Gasteiger partial charge on any atom is 0.258 e. The Labute approximate surface area is 182 Å². The molecule has 0 spiro atoms. The molecule has 8 heteroatoms. The Morgan fingerprint density at radius 3 is 2.57 bits per heavy atom. The number of nitrogens with one attached hydrogen (secondary N) is 3. The molecule has 30 heavy (non-hydrogen) atoms. The second-order valence-electron chi connectivity index (χ2n) is 6.59. The van der Waals surface area contributed by atoms with E-state index in [9.17, 15) is 9.59 Å². The van der Waals surface area contributed by atoms with Crippen LogP contribution < -0.4 is 10.6 Å². The molecule has 0 radical (unpaired) electrons. The molecule has 4 aromatic rings. The first-order valence-electron chi connectivity index (χ1n) is 9.07. The smallest absolute Gasteiger partial charge is 0.258 e. The van der Waals surface area contributed by atoms with E-state index in [0.29, 0.717) is 27.1 Å². The van der Waals surface area contributed by atoms with Gasteiger partial charge in [0.2, 0.25) is 5.91 Å². The minimum atomic E-state index is -0.387. The number of fused-ring (bicyclic) bond motifs is 1. The number of pyridine rings is 1. The summed E-state index contributed by atoms with van der Waals surface area (Å²) in [4.78, 5) is 32.5. The third-order valence-electron chi connectivity index (χ3n) is 4.50. The molecule has 0 fully saturated rings. The summed E-state index contributed by atoms with van der Waals surface area (Å²) in [5.41, 5.74) is 2.44. The number of nitrogens with zero attached hydrogens (tertiary/aromatic N) is 1. The van der Waals surface area contributed by atoms with Crippen molar-refractivity contribution >= 4 is 57.4 Å². The van der Waals surface area contributed by atoms with E-state index in [-0.39, 0.29) is 18.2 Å². The van der Waals surface area contributed by atoms with Crippen molar-refractivity contribution in [2.45, 2.75) is 6.42 Å². The number of hydrogen-bond acceptors (Lipinski definition) is 3. The van der Waals surface area contributed by atoms with Gasteiger partial charge in [0.1, 0.15) is 5.82 Å². The van der Waals surface area contributed by atoms with Crippen molar-refractivity contribution in [1.82, 2.24) is 9.97 Å². The maximum absolute atomic E-state index is 12.7. The molecule has 0 saturated heterocycles. The fourth-order valence-corrected chi connectivity index (χ4v) is 3.38. The molecule has 0 aliphatic carbocycles. The molecule has 0 unspecified atom stereocenters. The van der Waals surface area contributed by atoms with Gasteiger partial charge in [-0.1, -0.05) is 41.4 Å². The fourth-order valence-electron chi connectivity index (χ4n) is 3.10. The predicted molar refractivity (Wildman–Crippen MR) is 119 cm³/mol. The van der Waals surface area contributed by atoms with Crippen LogP contribution in [0, 0.1) is 0 Å². The summed E-state index contributed by atoms with van der Waals surface area (Å²) in [5.74, 6) is -0.263. The lowest BCUT2D eigenvalue weighted by molar-refractivity contribution is -0.115. The molecule has 0 aliphatic rings. The molecule has 3 N–H and O–H groups in total. The highest BCUT2D eigenvalue weighted by atomic mass is 35.5. The molecule has 0 aliphatic heterocycles. The van der Waals surface area contributed by atoms with E-state index in [0.717, 1.165) is 16.5 Å². The van der Waals surface area contributed by atoms with Gasteiger partial charge in [-0.05, 0) is 42.0 Å². The van der Waals surface area contributed by atoms with Gasteiger partial charge in [0.25, 0.3) is 5.91 Å². The summed E-state index contributed by atoms with van der Waals surface area (Å²) in [7, 11) is 0. The Balaban J connectivity index is 1.49. The van der Waals surface area contributed by atoms with Crippen LogP contribution in [0.1, 0.15) is 15.9 Å². The summed E-state index contributed by atoms with van der Waals surface area (Å²) < 4.78 is 0. The molecular formula is C22H16Cl2N4O2. The molecule has 4 rings (SSSR count). The molecule has 2 heterocycles. The molecule has 2 aromatic carbocycles. The fraction of sp³-hybridized carbons (Fsp3) is 0.0455. The van der Waals surface area contributed by atoms with Gasteiger partial charge in [0.15, 0.2) is 0 Å². The van der Waals surface area contributed by atoms with Crippen LogP contribution in [0.2, 0.25) is 10.0 Å². The maximum atomic E-state index is 12.7. The molecule has 0 bridgehead atoms. The number of halogens is 2. The minimum absolute atomic E-state index is 0.149.